The van der Waals surface area contributed by atoms with Crippen LogP contribution in [-0.2, 0) is 0 Å². The van der Waals surface area contributed by atoms with Crippen molar-refractivity contribution < 1.29 is 118 Å². The summed E-state index contributed by atoms with van der Waals surface area (Å²) in [6.45, 7) is 2.18. The molecule has 0 atom stereocenters. The number of carbonyl (C=O) groups is 1. The summed E-state index contributed by atoms with van der Waals surface area (Å²) in [6, 6.07) is 0. The quantitative estimate of drug-likeness (QED) is 0.372. The first-order chi connectivity index (χ1) is 4.15. The second-order valence-corrected chi connectivity index (χ2v) is 2.09. The van der Waals surface area contributed by atoms with Crippen LogP contribution in [0.2, 0.25) is 0 Å². The summed E-state index contributed by atoms with van der Waals surface area (Å²) < 4.78 is 0. The Morgan fingerprint density at radius 1 is 1.36 bits per heavy atom. The second-order valence-electron chi connectivity index (χ2n) is 1.29. The van der Waals surface area contributed by atoms with E-state index in [2.05, 4.69) is 22.9 Å². The van der Waals surface area contributed by atoms with Crippen molar-refractivity contribution in [1.82, 2.24) is 0 Å². The molecule has 0 aliphatic heterocycles. The fraction of sp³-hybridized carbons (Fsp3) is 0.800. The van der Waals surface area contributed by atoms with Crippen molar-refractivity contribution in [3.8, 4) is 0 Å². The average Bonchev–Trinajstić information content (AvgIpc) is 1.66. The smallest absolute Gasteiger partial charge is 0.652 e. The maximum absolute atomic E-state index is 8.33. The van der Waals surface area contributed by atoms with Crippen molar-refractivity contribution in [2.24, 2.45) is 0 Å². The first-order valence-corrected chi connectivity index (χ1v) is 3.71. The van der Waals surface area contributed by atoms with Gasteiger partial charge in [0.1, 0.15) is 0 Å². The fourth-order valence-electron chi connectivity index (χ4n) is 0.134. The van der Waals surface area contributed by atoms with Gasteiger partial charge in [0.25, 0.3) is 0 Å². The Kier molecular flexibility index (Phi) is 49.8. The van der Waals surface area contributed by atoms with Crippen molar-refractivity contribution in [2.75, 3.05) is 5.33 Å². The molecule has 0 unspecified atom stereocenters. The van der Waals surface area contributed by atoms with Crippen molar-refractivity contribution in [3.63, 3.8) is 0 Å². The average molecular weight is 275 g/mol. The van der Waals surface area contributed by atoms with Crippen LogP contribution in [0, 0.1) is 0 Å². The monoisotopic (exact) mass is 274 g/mol. The molecule has 0 bridgehead atoms. The van der Waals surface area contributed by atoms with Crippen LogP contribution in [0.1, 0.15) is 19.8 Å². The van der Waals surface area contributed by atoms with Gasteiger partial charge in [-0.15, -0.1) is 0 Å². The van der Waals surface area contributed by atoms with Crippen LogP contribution in [0.25, 0.3) is 0 Å². The summed E-state index contributed by atoms with van der Waals surface area (Å²) in [7, 11) is 0. The van der Waals surface area contributed by atoms with Gasteiger partial charge in [-0.1, -0.05) is 29.3 Å². The van der Waals surface area contributed by atoms with Crippen molar-refractivity contribution in [2.45, 2.75) is 19.8 Å². The molecule has 0 fully saturated rings. The van der Waals surface area contributed by atoms with E-state index in [1.165, 1.54) is 12.8 Å². The van der Waals surface area contributed by atoms with Gasteiger partial charge < -0.3 is 15.0 Å². The molecule has 0 aromatic rings. The molecule has 0 radical (unpaired) electrons. The standard InChI is InChI=1S/C4H9Br.CH2O3.2K/c1-2-3-4-5;2-1(3)4;;/h2-4H2,1H3;(H2,2,3,4);;/q;;2*+1/p-2. The molecule has 0 amide bonds. The van der Waals surface area contributed by atoms with E-state index in [1.807, 2.05) is 0 Å². The van der Waals surface area contributed by atoms with Gasteiger partial charge in [0, 0.05) is 5.33 Å². The predicted octanol–water partition coefficient (Wildman–Crippen LogP) is -6.26. The molecule has 0 aliphatic rings. The molecular weight excluding hydrogens is 266 g/mol. The van der Waals surface area contributed by atoms with Crippen LogP contribution in [0.15, 0.2) is 0 Å². The molecular formula is C5H9BrK2O3. The Hall–Kier alpha value is 3.02. The molecule has 0 saturated heterocycles. The summed E-state index contributed by atoms with van der Waals surface area (Å²) in [5.41, 5.74) is 0. The van der Waals surface area contributed by atoms with Gasteiger partial charge in [0.2, 0.25) is 0 Å². The first kappa shape index (κ1) is 23.7. The fourth-order valence-corrected chi connectivity index (χ4v) is 0.694. The number of carbonyl (C=O) groups excluding carboxylic acids is 1. The minimum atomic E-state index is -2.33. The molecule has 0 aliphatic carbocycles. The van der Waals surface area contributed by atoms with Crippen LogP contribution >= 0.6 is 15.9 Å². The molecule has 0 saturated carbocycles. The number of unbranched alkanes of at least 4 members (excludes halogenated alkanes) is 1. The van der Waals surface area contributed by atoms with Crippen LogP contribution in [0.4, 0.5) is 4.79 Å². The largest absolute Gasteiger partial charge is 1.00 e. The number of carboxylic acid groups (broad SMARTS) is 2. The number of rotatable bonds is 2. The molecule has 0 aromatic heterocycles. The topological polar surface area (TPSA) is 63.2 Å². The van der Waals surface area contributed by atoms with E-state index in [1.54, 1.807) is 0 Å². The number of hydrogen-bond donors (Lipinski definition) is 0. The summed E-state index contributed by atoms with van der Waals surface area (Å²) in [4.78, 5) is 8.33. The molecule has 11 heavy (non-hydrogen) atoms. The number of hydrogen-bond acceptors (Lipinski definition) is 3. The van der Waals surface area contributed by atoms with Crippen molar-refractivity contribution in [3.05, 3.63) is 0 Å². The molecule has 6 heteroatoms. The zero-order valence-corrected chi connectivity index (χ0v) is 15.1. The number of alkyl halides is 1. The van der Waals surface area contributed by atoms with Crippen molar-refractivity contribution in [1.29, 1.82) is 0 Å². The Labute approximate surface area is 161 Å². The third kappa shape index (κ3) is 62.7. The number of halogens is 1. The van der Waals surface area contributed by atoms with Gasteiger partial charge >= 0.3 is 103 Å². The van der Waals surface area contributed by atoms with Crippen LogP contribution in [0.5, 0.6) is 0 Å². The van der Waals surface area contributed by atoms with E-state index < -0.39 is 6.16 Å². The van der Waals surface area contributed by atoms with Gasteiger partial charge in [0.15, 0.2) is 0 Å². The maximum atomic E-state index is 8.33. The van der Waals surface area contributed by atoms with Gasteiger partial charge in [-0.05, 0) is 12.6 Å². The first-order valence-electron chi connectivity index (χ1n) is 2.59. The second kappa shape index (κ2) is 23.1. The van der Waals surface area contributed by atoms with Gasteiger partial charge in [-0.3, -0.25) is 0 Å². The summed E-state index contributed by atoms with van der Waals surface area (Å²) in [5.74, 6) is 0. The van der Waals surface area contributed by atoms with Crippen LogP contribution in [-0.4, -0.2) is 11.5 Å². The van der Waals surface area contributed by atoms with E-state index >= 15 is 0 Å². The van der Waals surface area contributed by atoms with Crippen LogP contribution in [0.3, 0.4) is 0 Å². The zero-order valence-electron chi connectivity index (χ0n) is 7.22. The summed E-state index contributed by atoms with van der Waals surface area (Å²) in [6.07, 6.45) is 0.269. The maximum Gasteiger partial charge on any atom is 1.00 e. The molecule has 0 aromatic carbocycles. The Morgan fingerprint density at radius 3 is 1.64 bits per heavy atom. The minimum absolute atomic E-state index is 0. The summed E-state index contributed by atoms with van der Waals surface area (Å²) >= 11 is 3.31. The summed E-state index contributed by atoms with van der Waals surface area (Å²) in [5, 5.41) is 17.8. The third-order valence-corrected chi connectivity index (χ3v) is 1.05. The van der Waals surface area contributed by atoms with E-state index in [4.69, 9.17) is 15.0 Å². The molecule has 3 nitrogen and oxygen atoms in total. The molecule has 0 N–H and O–H groups in total. The Morgan fingerprint density at radius 2 is 1.64 bits per heavy atom. The minimum Gasteiger partial charge on any atom is -0.652 e. The Bertz CT molecular complexity index is 66.7. The van der Waals surface area contributed by atoms with Gasteiger partial charge in [0.05, 0.1) is 0 Å². The third-order valence-electron chi connectivity index (χ3n) is 0.487. The zero-order chi connectivity index (χ0) is 7.70. The van der Waals surface area contributed by atoms with E-state index in [-0.39, 0.29) is 103 Å². The molecule has 56 valence electrons. The molecule has 0 spiro atoms. The SMILES string of the molecule is CCCCBr.O=C([O-])[O-].[K+].[K+]. The molecule has 0 rings (SSSR count). The van der Waals surface area contributed by atoms with Crippen LogP contribution < -0.4 is 113 Å². The van der Waals surface area contributed by atoms with Gasteiger partial charge in [-0.25, -0.2) is 0 Å². The van der Waals surface area contributed by atoms with Crippen molar-refractivity contribution >= 4 is 22.1 Å². The predicted molar refractivity (Wildman–Crippen MR) is 34.1 cm³/mol. The van der Waals surface area contributed by atoms with Gasteiger partial charge in [-0.2, -0.15) is 0 Å². The normalized spacial score (nSPS) is 6.00. The van der Waals surface area contributed by atoms with E-state index in [9.17, 15) is 0 Å². The molecule has 0 heterocycles. The van der Waals surface area contributed by atoms with E-state index in [0.717, 1.165) is 5.33 Å². The Balaban J connectivity index is -0.0000000383. The van der Waals surface area contributed by atoms with E-state index in [0.29, 0.717) is 0 Å².